The molecule has 8 heteroatoms. The van der Waals surface area contributed by atoms with E-state index < -0.39 is 11.7 Å². The summed E-state index contributed by atoms with van der Waals surface area (Å²) >= 11 is 2.75. The zero-order valence-corrected chi connectivity index (χ0v) is 14.9. The van der Waals surface area contributed by atoms with Crippen molar-refractivity contribution in [2.75, 3.05) is 5.32 Å². The fraction of sp³-hybridized carbons (Fsp3) is 0.0556. The Morgan fingerprint density at radius 1 is 1.23 bits per heavy atom. The molecule has 1 aliphatic rings. The highest BCUT2D eigenvalue weighted by molar-refractivity contribution is 7.99. The van der Waals surface area contributed by atoms with E-state index in [0.717, 1.165) is 9.77 Å². The van der Waals surface area contributed by atoms with Crippen LogP contribution in [0.3, 0.4) is 0 Å². The van der Waals surface area contributed by atoms with Gasteiger partial charge >= 0.3 is 0 Å². The molecule has 1 aromatic heterocycles. The van der Waals surface area contributed by atoms with E-state index in [1.165, 1.54) is 29.2 Å². The van der Waals surface area contributed by atoms with Crippen LogP contribution in [0, 0.1) is 5.82 Å². The average molecular weight is 385 g/mol. The molecule has 2 amide bonds. The van der Waals surface area contributed by atoms with Crippen molar-refractivity contribution < 1.29 is 14.0 Å². The van der Waals surface area contributed by atoms with Crippen molar-refractivity contribution in [3.05, 3.63) is 69.9 Å². The van der Waals surface area contributed by atoms with E-state index in [2.05, 4.69) is 15.6 Å². The predicted octanol–water partition coefficient (Wildman–Crippen LogP) is 3.93. The summed E-state index contributed by atoms with van der Waals surface area (Å²) in [7, 11) is 0. The largest absolute Gasteiger partial charge is 0.347 e. The van der Waals surface area contributed by atoms with Crippen LogP contribution >= 0.6 is 23.1 Å². The minimum Gasteiger partial charge on any atom is -0.347 e. The zero-order chi connectivity index (χ0) is 18.1. The van der Waals surface area contributed by atoms with E-state index in [-0.39, 0.29) is 11.5 Å². The van der Waals surface area contributed by atoms with Crippen LogP contribution in [0.5, 0.6) is 0 Å². The van der Waals surface area contributed by atoms with Gasteiger partial charge in [-0.2, -0.15) is 0 Å². The minimum absolute atomic E-state index is 0.0184. The lowest BCUT2D eigenvalue weighted by molar-refractivity contribution is 0.0949. The number of amides is 2. The lowest BCUT2D eigenvalue weighted by Gasteiger charge is -2.09. The third-order valence-electron chi connectivity index (χ3n) is 3.82. The van der Waals surface area contributed by atoms with E-state index in [1.807, 2.05) is 0 Å². The molecule has 4 rings (SSSR count). The van der Waals surface area contributed by atoms with Crippen LogP contribution in [0.25, 0.3) is 0 Å². The van der Waals surface area contributed by atoms with E-state index in [4.69, 9.17) is 0 Å². The summed E-state index contributed by atoms with van der Waals surface area (Å²) in [5, 5.41) is 5.51. The Kier molecular flexibility index (Phi) is 4.44. The Bertz CT molecular complexity index is 1010. The van der Waals surface area contributed by atoms with Crippen LogP contribution in [-0.4, -0.2) is 16.8 Å². The van der Waals surface area contributed by atoms with Gasteiger partial charge in [0.25, 0.3) is 11.8 Å². The molecule has 0 bridgehead atoms. The van der Waals surface area contributed by atoms with E-state index in [0.29, 0.717) is 22.7 Å². The number of carbonyl (C=O) groups is 2. The summed E-state index contributed by atoms with van der Waals surface area (Å²) in [5.74, 6) is -1.34. The first-order chi connectivity index (χ1) is 12.6. The lowest BCUT2D eigenvalue weighted by atomic mass is 10.1. The number of nitrogens with zero attached hydrogens (tertiary/aromatic N) is 1. The maximum atomic E-state index is 14.0. The number of hydrogen-bond acceptors (Lipinski definition) is 5. The molecule has 0 spiro atoms. The number of halogens is 1. The Morgan fingerprint density at radius 2 is 2.12 bits per heavy atom. The molecule has 2 aromatic carbocycles. The van der Waals surface area contributed by atoms with E-state index in [1.54, 1.807) is 42.0 Å². The van der Waals surface area contributed by atoms with Crippen LogP contribution < -0.4 is 10.6 Å². The van der Waals surface area contributed by atoms with Crippen molar-refractivity contribution in [2.45, 2.75) is 16.3 Å². The zero-order valence-electron chi connectivity index (χ0n) is 13.3. The molecule has 0 saturated carbocycles. The van der Waals surface area contributed by atoms with Gasteiger partial charge in [-0.25, -0.2) is 4.39 Å². The van der Waals surface area contributed by atoms with Gasteiger partial charge < -0.3 is 10.6 Å². The monoisotopic (exact) mass is 385 g/mol. The third kappa shape index (κ3) is 3.21. The summed E-state index contributed by atoms with van der Waals surface area (Å²) in [6.45, 7) is 0.387. The molecular weight excluding hydrogens is 373 g/mol. The molecule has 3 aromatic rings. The molecule has 0 fully saturated rings. The first-order valence-corrected chi connectivity index (χ1v) is 9.39. The van der Waals surface area contributed by atoms with Crippen LogP contribution in [0.2, 0.25) is 0 Å². The van der Waals surface area contributed by atoms with Gasteiger partial charge in [0.1, 0.15) is 5.82 Å². The second-order valence-corrected chi connectivity index (χ2v) is 7.59. The fourth-order valence-electron chi connectivity index (χ4n) is 2.57. The summed E-state index contributed by atoms with van der Waals surface area (Å²) in [6, 6.07) is 9.57. The molecule has 0 unspecified atom stereocenters. The highest BCUT2D eigenvalue weighted by Gasteiger charge is 2.23. The van der Waals surface area contributed by atoms with Gasteiger partial charge in [-0.3, -0.25) is 14.6 Å². The van der Waals surface area contributed by atoms with Crippen molar-refractivity contribution in [1.29, 1.82) is 0 Å². The van der Waals surface area contributed by atoms with Crippen molar-refractivity contribution in [3.63, 3.8) is 0 Å². The molecule has 1 aliphatic heterocycles. The lowest BCUT2D eigenvalue weighted by Crippen LogP contribution is -2.22. The van der Waals surface area contributed by atoms with Gasteiger partial charge in [0.05, 0.1) is 23.3 Å². The highest BCUT2D eigenvalue weighted by atomic mass is 32.2. The topological polar surface area (TPSA) is 71.1 Å². The minimum atomic E-state index is -0.567. The first-order valence-electron chi connectivity index (χ1n) is 7.69. The number of hydrogen-bond donors (Lipinski definition) is 2. The second-order valence-electron chi connectivity index (χ2n) is 5.53. The molecule has 0 aliphatic carbocycles. The Labute approximate surface area is 156 Å². The molecule has 2 N–H and O–H groups in total. The normalized spacial score (nSPS) is 12.6. The molecule has 130 valence electrons. The number of carbonyl (C=O) groups excluding carboxylic acids is 2. The van der Waals surface area contributed by atoms with Crippen molar-refractivity contribution in [3.8, 4) is 0 Å². The number of nitrogens with one attached hydrogen (secondary N) is 2. The summed E-state index contributed by atoms with van der Waals surface area (Å²) in [4.78, 5) is 30.9. The summed E-state index contributed by atoms with van der Waals surface area (Å²) in [6.07, 6.45) is 1.70. The molecule has 5 nitrogen and oxygen atoms in total. The first kappa shape index (κ1) is 16.7. The maximum absolute atomic E-state index is 14.0. The Balaban J connectivity index is 1.59. The van der Waals surface area contributed by atoms with Gasteiger partial charge in [0.15, 0.2) is 0 Å². The number of rotatable bonds is 3. The van der Waals surface area contributed by atoms with Crippen LogP contribution in [0.15, 0.2) is 57.9 Å². The molecular formula is C18H12FN3O2S2. The maximum Gasteiger partial charge on any atom is 0.259 e. The molecule has 0 radical (unpaired) electrons. The summed E-state index contributed by atoms with van der Waals surface area (Å²) < 4.78 is 14.0. The van der Waals surface area contributed by atoms with Gasteiger partial charge in [-0.05, 0) is 30.3 Å². The number of fused-ring (bicyclic) bond motifs is 2. The SMILES string of the molecule is O=C(NCc1cncs1)c1ccc2c(c1)NC(=O)c1c(F)cccc1S2. The van der Waals surface area contributed by atoms with Crippen LogP contribution in [0.4, 0.5) is 10.1 Å². The van der Waals surface area contributed by atoms with Gasteiger partial charge in [0, 0.05) is 26.4 Å². The molecule has 2 heterocycles. The van der Waals surface area contributed by atoms with Crippen molar-refractivity contribution in [2.24, 2.45) is 0 Å². The Morgan fingerprint density at radius 3 is 2.92 bits per heavy atom. The standard InChI is InChI=1S/C18H12FN3O2S2/c19-12-2-1-3-15-16(12)18(24)22-13-6-10(4-5-14(13)26-15)17(23)21-8-11-7-20-9-25-11/h1-7,9H,8H2,(H,21,23)(H,22,24). The number of benzene rings is 2. The average Bonchev–Trinajstić information content (AvgIpc) is 3.09. The van der Waals surface area contributed by atoms with Crippen molar-refractivity contribution in [1.82, 2.24) is 10.3 Å². The van der Waals surface area contributed by atoms with Crippen LogP contribution in [-0.2, 0) is 6.54 Å². The smallest absolute Gasteiger partial charge is 0.259 e. The van der Waals surface area contributed by atoms with E-state index in [9.17, 15) is 14.0 Å². The van der Waals surface area contributed by atoms with Gasteiger partial charge in [-0.15, -0.1) is 11.3 Å². The second kappa shape index (κ2) is 6.89. The molecule has 26 heavy (non-hydrogen) atoms. The van der Waals surface area contributed by atoms with Crippen molar-refractivity contribution >= 4 is 40.6 Å². The number of anilines is 1. The van der Waals surface area contributed by atoms with Gasteiger partial charge in [-0.1, -0.05) is 17.8 Å². The highest BCUT2D eigenvalue weighted by Crippen LogP contribution is 2.39. The number of thiazole rings is 1. The molecule has 0 saturated heterocycles. The fourth-order valence-corrected chi connectivity index (χ4v) is 4.14. The van der Waals surface area contributed by atoms with Gasteiger partial charge in [0.2, 0.25) is 0 Å². The van der Waals surface area contributed by atoms with E-state index >= 15 is 0 Å². The molecule has 0 atom stereocenters. The predicted molar refractivity (Wildman–Crippen MR) is 98.2 cm³/mol. The number of aromatic nitrogens is 1. The summed E-state index contributed by atoms with van der Waals surface area (Å²) in [5.41, 5.74) is 2.62. The Hall–Kier alpha value is -2.71. The third-order valence-corrected chi connectivity index (χ3v) is 5.73. The van der Waals surface area contributed by atoms with Crippen LogP contribution in [0.1, 0.15) is 25.6 Å². The quantitative estimate of drug-likeness (QED) is 0.717.